The molecule has 0 aliphatic rings. The molecule has 108 valence electrons. The van der Waals surface area contributed by atoms with Crippen LogP contribution in [-0.4, -0.2) is 14.5 Å². The SMILES string of the molecule is CC(C)C(Cn1cncc1-c1ccnc(N)c1)C(C)C. The van der Waals surface area contributed by atoms with Gasteiger partial charge in [-0.2, -0.15) is 0 Å². The molecule has 0 saturated carbocycles. The zero-order valence-electron chi connectivity index (χ0n) is 12.7. The number of aromatic nitrogens is 3. The topological polar surface area (TPSA) is 56.7 Å². The first-order chi connectivity index (χ1) is 9.49. The maximum atomic E-state index is 5.77. The third kappa shape index (κ3) is 3.18. The molecule has 0 saturated heterocycles. The predicted octanol–water partition coefficient (Wildman–Crippen LogP) is 3.46. The number of hydrogen-bond donors (Lipinski definition) is 1. The van der Waals surface area contributed by atoms with Crippen LogP contribution in [0.1, 0.15) is 27.7 Å². The molecule has 4 heteroatoms. The molecule has 0 amide bonds. The summed E-state index contributed by atoms with van der Waals surface area (Å²) in [6.45, 7) is 10.1. The summed E-state index contributed by atoms with van der Waals surface area (Å²) in [5.74, 6) is 2.46. The second kappa shape index (κ2) is 6.07. The van der Waals surface area contributed by atoms with Gasteiger partial charge in [-0.15, -0.1) is 0 Å². The van der Waals surface area contributed by atoms with Crippen molar-refractivity contribution in [3.63, 3.8) is 0 Å². The van der Waals surface area contributed by atoms with Crippen LogP contribution < -0.4 is 5.73 Å². The van der Waals surface area contributed by atoms with Crippen LogP contribution in [0.4, 0.5) is 5.82 Å². The van der Waals surface area contributed by atoms with E-state index < -0.39 is 0 Å². The average molecular weight is 272 g/mol. The minimum atomic E-state index is 0.541. The smallest absolute Gasteiger partial charge is 0.123 e. The largest absolute Gasteiger partial charge is 0.384 e. The second-order valence-corrected chi connectivity index (χ2v) is 6.05. The quantitative estimate of drug-likeness (QED) is 0.907. The highest BCUT2D eigenvalue weighted by atomic mass is 15.0. The van der Waals surface area contributed by atoms with Crippen LogP contribution in [0, 0.1) is 17.8 Å². The van der Waals surface area contributed by atoms with Crippen LogP contribution in [-0.2, 0) is 6.54 Å². The van der Waals surface area contributed by atoms with Crippen molar-refractivity contribution < 1.29 is 0 Å². The minimum absolute atomic E-state index is 0.541. The van der Waals surface area contributed by atoms with Gasteiger partial charge in [-0.3, -0.25) is 0 Å². The Labute approximate surface area is 121 Å². The Morgan fingerprint density at radius 2 is 1.90 bits per heavy atom. The number of nitrogen functional groups attached to an aromatic ring is 1. The third-order valence-corrected chi connectivity index (χ3v) is 3.91. The van der Waals surface area contributed by atoms with Crippen LogP contribution in [0.2, 0.25) is 0 Å². The van der Waals surface area contributed by atoms with Crippen molar-refractivity contribution in [2.45, 2.75) is 34.2 Å². The molecule has 2 heterocycles. The fourth-order valence-electron chi connectivity index (χ4n) is 2.73. The molecular weight excluding hydrogens is 248 g/mol. The van der Waals surface area contributed by atoms with Crippen molar-refractivity contribution in [3.8, 4) is 11.3 Å². The number of rotatable bonds is 5. The molecule has 0 aromatic carbocycles. The van der Waals surface area contributed by atoms with Gasteiger partial charge in [0.2, 0.25) is 0 Å². The first-order valence-electron chi connectivity index (χ1n) is 7.21. The highest BCUT2D eigenvalue weighted by Gasteiger charge is 2.19. The lowest BCUT2D eigenvalue weighted by Crippen LogP contribution is -2.21. The molecule has 0 spiro atoms. The Balaban J connectivity index is 2.29. The Kier molecular flexibility index (Phi) is 4.42. The van der Waals surface area contributed by atoms with E-state index in [2.05, 4.69) is 42.2 Å². The van der Waals surface area contributed by atoms with Gasteiger partial charge in [-0.05, 0) is 29.9 Å². The average Bonchev–Trinajstić information content (AvgIpc) is 2.83. The van der Waals surface area contributed by atoms with Crippen molar-refractivity contribution in [2.75, 3.05) is 5.73 Å². The highest BCUT2D eigenvalue weighted by Crippen LogP contribution is 2.26. The van der Waals surface area contributed by atoms with E-state index in [4.69, 9.17) is 5.73 Å². The van der Waals surface area contributed by atoms with Crippen molar-refractivity contribution >= 4 is 5.82 Å². The predicted molar refractivity (Wildman–Crippen MR) is 83.0 cm³/mol. The lowest BCUT2D eigenvalue weighted by Gasteiger charge is -2.26. The summed E-state index contributed by atoms with van der Waals surface area (Å²) in [7, 11) is 0. The van der Waals surface area contributed by atoms with Crippen molar-refractivity contribution in [2.24, 2.45) is 17.8 Å². The Bertz CT molecular complexity index is 549. The van der Waals surface area contributed by atoms with E-state index in [1.165, 1.54) is 0 Å². The van der Waals surface area contributed by atoms with Gasteiger partial charge in [0.25, 0.3) is 0 Å². The molecule has 0 bridgehead atoms. The van der Waals surface area contributed by atoms with Gasteiger partial charge < -0.3 is 10.3 Å². The fraction of sp³-hybridized carbons (Fsp3) is 0.500. The normalized spacial score (nSPS) is 11.8. The molecule has 0 unspecified atom stereocenters. The van der Waals surface area contributed by atoms with Gasteiger partial charge in [0.05, 0.1) is 18.2 Å². The van der Waals surface area contributed by atoms with Crippen LogP contribution in [0.15, 0.2) is 30.9 Å². The molecule has 4 nitrogen and oxygen atoms in total. The summed E-state index contributed by atoms with van der Waals surface area (Å²) in [5, 5.41) is 0. The molecule has 2 aromatic rings. The summed E-state index contributed by atoms with van der Waals surface area (Å²) < 4.78 is 2.22. The zero-order chi connectivity index (χ0) is 14.7. The van der Waals surface area contributed by atoms with E-state index in [0.29, 0.717) is 23.6 Å². The van der Waals surface area contributed by atoms with Crippen molar-refractivity contribution in [1.82, 2.24) is 14.5 Å². The first-order valence-corrected chi connectivity index (χ1v) is 7.21. The van der Waals surface area contributed by atoms with Crippen molar-refractivity contribution in [3.05, 3.63) is 30.9 Å². The maximum absolute atomic E-state index is 5.77. The van der Waals surface area contributed by atoms with Crippen molar-refractivity contribution in [1.29, 1.82) is 0 Å². The third-order valence-electron chi connectivity index (χ3n) is 3.91. The molecule has 0 aliphatic heterocycles. The van der Waals surface area contributed by atoms with E-state index in [0.717, 1.165) is 17.8 Å². The fourth-order valence-corrected chi connectivity index (χ4v) is 2.73. The molecule has 2 rings (SSSR count). The molecule has 2 aromatic heterocycles. The van der Waals surface area contributed by atoms with E-state index in [1.54, 1.807) is 6.20 Å². The Morgan fingerprint density at radius 3 is 2.50 bits per heavy atom. The van der Waals surface area contributed by atoms with Gasteiger partial charge >= 0.3 is 0 Å². The van der Waals surface area contributed by atoms with Gasteiger partial charge in [-0.25, -0.2) is 9.97 Å². The molecule has 0 fully saturated rings. The number of nitrogens with two attached hydrogens (primary N) is 1. The summed E-state index contributed by atoms with van der Waals surface area (Å²) in [6.07, 6.45) is 5.54. The molecule has 2 N–H and O–H groups in total. The number of hydrogen-bond acceptors (Lipinski definition) is 3. The van der Waals surface area contributed by atoms with Gasteiger partial charge in [0, 0.05) is 18.3 Å². The van der Waals surface area contributed by atoms with E-state index in [9.17, 15) is 0 Å². The van der Waals surface area contributed by atoms with E-state index in [-0.39, 0.29) is 0 Å². The number of nitrogens with zero attached hydrogens (tertiary/aromatic N) is 3. The van der Waals surface area contributed by atoms with Crippen LogP contribution in [0.25, 0.3) is 11.3 Å². The Morgan fingerprint density at radius 1 is 1.20 bits per heavy atom. The number of anilines is 1. The summed E-state index contributed by atoms with van der Waals surface area (Å²) in [4.78, 5) is 8.35. The summed E-state index contributed by atoms with van der Waals surface area (Å²) >= 11 is 0. The summed E-state index contributed by atoms with van der Waals surface area (Å²) in [5.41, 5.74) is 7.94. The van der Waals surface area contributed by atoms with E-state index in [1.807, 2.05) is 24.7 Å². The zero-order valence-corrected chi connectivity index (χ0v) is 12.7. The second-order valence-electron chi connectivity index (χ2n) is 6.05. The monoisotopic (exact) mass is 272 g/mol. The highest BCUT2D eigenvalue weighted by molar-refractivity contribution is 5.61. The first kappa shape index (κ1) is 14.6. The number of imidazole rings is 1. The Hall–Kier alpha value is -1.84. The molecule has 0 radical (unpaired) electrons. The standard InChI is InChI=1S/C16H24N4/c1-11(2)14(12(3)4)9-20-10-18-8-15(20)13-5-6-19-16(17)7-13/h5-8,10-12,14H,9H2,1-4H3,(H2,17,19). The van der Waals surface area contributed by atoms with Crippen LogP contribution >= 0.6 is 0 Å². The molecular formula is C16H24N4. The lowest BCUT2D eigenvalue weighted by atomic mass is 9.85. The lowest BCUT2D eigenvalue weighted by molar-refractivity contribution is 0.252. The van der Waals surface area contributed by atoms with Gasteiger partial charge in [0.15, 0.2) is 0 Å². The van der Waals surface area contributed by atoms with Gasteiger partial charge in [0.1, 0.15) is 5.82 Å². The molecule has 20 heavy (non-hydrogen) atoms. The van der Waals surface area contributed by atoms with E-state index >= 15 is 0 Å². The molecule has 0 atom stereocenters. The van der Waals surface area contributed by atoms with Gasteiger partial charge in [-0.1, -0.05) is 27.7 Å². The van der Waals surface area contributed by atoms with Crippen LogP contribution in [0.5, 0.6) is 0 Å². The van der Waals surface area contributed by atoms with Crippen LogP contribution in [0.3, 0.4) is 0 Å². The summed E-state index contributed by atoms with van der Waals surface area (Å²) in [6, 6.07) is 3.87. The minimum Gasteiger partial charge on any atom is -0.384 e. The number of pyridine rings is 1. The maximum Gasteiger partial charge on any atom is 0.123 e. The molecule has 0 aliphatic carbocycles.